The van der Waals surface area contributed by atoms with Gasteiger partial charge < -0.3 is 5.11 Å². The van der Waals surface area contributed by atoms with E-state index in [-0.39, 0.29) is 0 Å². The first-order valence-corrected chi connectivity index (χ1v) is 6.51. The van der Waals surface area contributed by atoms with E-state index in [1.54, 1.807) is 11.3 Å². The Kier molecular flexibility index (Phi) is 2.25. The third-order valence-electron chi connectivity index (χ3n) is 3.09. The molecule has 0 unspecified atom stereocenters. The minimum atomic E-state index is -0.773. The molecule has 0 atom stereocenters. The van der Waals surface area contributed by atoms with Crippen molar-refractivity contribution in [3.05, 3.63) is 48.0 Å². The SMILES string of the molecule is CC(C)(O)c1ccc2c(c1)sc1ccccc12. The lowest BCUT2D eigenvalue weighted by molar-refractivity contribution is 0.0787. The fourth-order valence-corrected chi connectivity index (χ4v) is 3.25. The van der Waals surface area contributed by atoms with Gasteiger partial charge in [-0.3, -0.25) is 0 Å². The highest BCUT2D eigenvalue weighted by atomic mass is 32.1. The Hall–Kier alpha value is -1.38. The Morgan fingerprint density at radius 1 is 0.941 bits per heavy atom. The minimum absolute atomic E-state index is 0.773. The molecule has 0 amide bonds. The van der Waals surface area contributed by atoms with E-state index in [0.717, 1.165) is 5.56 Å². The highest BCUT2D eigenvalue weighted by molar-refractivity contribution is 7.25. The summed E-state index contributed by atoms with van der Waals surface area (Å²) in [6.07, 6.45) is 0. The van der Waals surface area contributed by atoms with Crippen LogP contribution in [0.3, 0.4) is 0 Å². The second-order valence-corrected chi connectivity index (χ2v) is 5.95. The maximum absolute atomic E-state index is 10.0. The predicted molar refractivity (Wildman–Crippen MR) is 74.6 cm³/mol. The molecular weight excluding hydrogens is 228 g/mol. The number of hydrogen-bond acceptors (Lipinski definition) is 2. The summed E-state index contributed by atoms with van der Waals surface area (Å²) < 4.78 is 2.54. The molecule has 2 aromatic carbocycles. The lowest BCUT2D eigenvalue weighted by atomic mass is 9.97. The molecule has 1 aromatic heterocycles. The van der Waals surface area contributed by atoms with Gasteiger partial charge in [0.15, 0.2) is 0 Å². The molecule has 0 fully saturated rings. The van der Waals surface area contributed by atoms with Crippen LogP contribution in [0.25, 0.3) is 20.2 Å². The fourth-order valence-electron chi connectivity index (χ4n) is 2.11. The maximum Gasteiger partial charge on any atom is 0.0841 e. The number of rotatable bonds is 1. The molecule has 0 aliphatic rings. The Balaban J connectivity index is 2.34. The van der Waals surface area contributed by atoms with Crippen LogP contribution in [0.1, 0.15) is 19.4 Å². The lowest BCUT2D eigenvalue weighted by Crippen LogP contribution is -2.14. The molecule has 17 heavy (non-hydrogen) atoms. The molecule has 86 valence electrons. The molecular formula is C15H14OS. The van der Waals surface area contributed by atoms with Gasteiger partial charge in [0.2, 0.25) is 0 Å². The van der Waals surface area contributed by atoms with E-state index in [9.17, 15) is 5.11 Å². The molecule has 3 rings (SSSR count). The van der Waals surface area contributed by atoms with Gasteiger partial charge in [-0.2, -0.15) is 0 Å². The van der Waals surface area contributed by atoms with Crippen LogP contribution in [-0.2, 0) is 5.60 Å². The topological polar surface area (TPSA) is 20.2 Å². The average molecular weight is 242 g/mol. The van der Waals surface area contributed by atoms with Crippen molar-refractivity contribution in [2.75, 3.05) is 0 Å². The summed E-state index contributed by atoms with van der Waals surface area (Å²) >= 11 is 1.78. The Morgan fingerprint density at radius 3 is 2.41 bits per heavy atom. The molecule has 0 saturated heterocycles. The summed E-state index contributed by atoms with van der Waals surface area (Å²) in [6.45, 7) is 3.64. The highest BCUT2D eigenvalue weighted by Gasteiger charge is 2.16. The molecule has 0 aliphatic heterocycles. The molecule has 3 aromatic rings. The minimum Gasteiger partial charge on any atom is -0.386 e. The van der Waals surface area contributed by atoms with Gasteiger partial charge >= 0.3 is 0 Å². The van der Waals surface area contributed by atoms with Gasteiger partial charge in [-0.1, -0.05) is 30.3 Å². The van der Waals surface area contributed by atoms with Crippen molar-refractivity contribution < 1.29 is 5.11 Å². The van der Waals surface area contributed by atoms with Crippen molar-refractivity contribution in [3.8, 4) is 0 Å². The van der Waals surface area contributed by atoms with Crippen molar-refractivity contribution in [2.45, 2.75) is 19.4 Å². The summed E-state index contributed by atoms with van der Waals surface area (Å²) in [7, 11) is 0. The van der Waals surface area contributed by atoms with Crippen molar-refractivity contribution in [1.29, 1.82) is 0 Å². The summed E-state index contributed by atoms with van der Waals surface area (Å²) in [5.41, 5.74) is 0.196. The normalized spacial score (nSPS) is 12.4. The van der Waals surface area contributed by atoms with E-state index in [2.05, 4.69) is 36.4 Å². The number of benzene rings is 2. The summed E-state index contributed by atoms with van der Waals surface area (Å²) in [4.78, 5) is 0. The van der Waals surface area contributed by atoms with Gasteiger partial charge in [0.1, 0.15) is 0 Å². The van der Waals surface area contributed by atoms with Gasteiger partial charge in [-0.05, 0) is 31.5 Å². The Morgan fingerprint density at radius 2 is 1.65 bits per heavy atom. The monoisotopic (exact) mass is 242 g/mol. The van der Waals surface area contributed by atoms with Crippen LogP contribution in [0.4, 0.5) is 0 Å². The molecule has 0 radical (unpaired) electrons. The Bertz CT molecular complexity index is 689. The molecule has 0 spiro atoms. The molecule has 0 aliphatic carbocycles. The van der Waals surface area contributed by atoms with E-state index >= 15 is 0 Å². The van der Waals surface area contributed by atoms with E-state index in [4.69, 9.17) is 0 Å². The fraction of sp³-hybridized carbons (Fsp3) is 0.200. The van der Waals surface area contributed by atoms with Gasteiger partial charge in [0.05, 0.1) is 5.60 Å². The van der Waals surface area contributed by atoms with E-state index < -0.39 is 5.60 Å². The van der Waals surface area contributed by atoms with Gasteiger partial charge in [-0.15, -0.1) is 11.3 Å². The van der Waals surface area contributed by atoms with Crippen molar-refractivity contribution in [2.24, 2.45) is 0 Å². The quantitative estimate of drug-likeness (QED) is 0.675. The standard InChI is InChI=1S/C15H14OS/c1-15(2,16)10-7-8-12-11-5-3-4-6-13(11)17-14(12)9-10/h3-9,16H,1-2H3. The molecule has 2 heteroatoms. The third-order valence-corrected chi connectivity index (χ3v) is 4.22. The maximum atomic E-state index is 10.0. The van der Waals surface area contributed by atoms with Gasteiger partial charge in [-0.25, -0.2) is 0 Å². The zero-order chi connectivity index (χ0) is 12.0. The van der Waals surface area contributed by atoms with Crippen LogP contribution in [0.15, 0.2) is 42.5 Å². The molecule has 1 nitrogen and oxygen atoms in total. The van der Waals surface area contributed by atoms with Crippen LogP contribution in [0, 0.1) is 0 Å². The van der Waals surface area contributed by atoms with E-state index in [1.807, 2.05) is 19.9 Å². The smallest absolute Gasteiger partial charge is 0.0841 e. The lowest BCUT2D eigenvalue weighted by Gasteiger charge is -2.17. The number of hydrogen-bond donors (Lipinski definition) is 1. The first-order valence-electron chi connectivity index (χ1n) is 5.70. The second kappa shape index (κ2) is 3.56. The summed E-state index contributed by atoms with van der Waals surface area (Å²) in [5.74, 6) is 0. The van der Waals surface area contributed by atoms with Crippen molar-refractivity contribution >= 4 is 31.5 Å². The molecule has 1 N–H and O–H groups in total. The first kappa shape index (κ1) is 10.8. The molecule has 0 bridgehead atoms. The van der Waals surface area contributed by atoms with Crippen molar-refractivity contribution in [1.82, 2.24) is 0 Å². The highest BCUT2D eigenvalue weighted by Crippen LogP contribution is 2.35. The third kappa shape index (κ3) is 1.74. The first-order chi connectivity index (χ1) is 8.05. The van der Waals surface area contributed by atoms with Crippen LogP contribution in [0.2, 0.25) is 0 Å². The van der Waals surface area contributed by atoms with Crippen molar-refractivity contribution in [3.63, 3.8) is 0 Å². The van der Waals surface area contributed by atoms with E-state index in [0.29, 0.717) is 0 Å². The van der Waals surface area contributed by atoms with Crippen LogP contribution in [-0.4, -0.2) is 5.11 Å². The predicted octanol–water partition coefficient (Wildman–Crippen LogP) is 4.28. The van der Waals surface area contributed by atoms with Crippen LogP contribution < -0.4 is 0 Å². The van der Waals surface area contributed by atoms with Gasteiger partial charge in [0.25, 0.3) is 0 Å². The zero-order valence-corrected chi connectivity index (χ0v) is 10.7. The number of fused-ring (bicyclic) bond motifs is 3. The molecule has 1 heterocycles. The Labute approximate surface area is 104 Å². The van der Waals surface area contributed by atoms with Crippen LogP contribution >= 0.6 is 11.3 Å². The second-order valence-electron chi connectivity index (χ2n) is 4.87. The molecule has 0 saturated carbocycles. The van der Waals surface area contributed by atoms with Crippen LogP contribution in [0.5, 0.6) is 0 Å². The number of thiophene rings is 1. The van der Waals surface area contributed by atoms with E-state index in [1.165, 1.54) is 20.2 Å². The zero-order valence-electron chi connectivity index (χ0n) is 9.90. The average Bonchev–Trinajstić information content (AvgIpc) is 2.65. The van der Waals surface area contributed by atoms with Gasteiger partial charge in [0, 0.05) is 20.2 Å². The summed E-state index contributed by atoms with van der Waals surface area (Å²) in [6, 6.07) is 14.7. The largest absolute Gasteiger partial charge is 0.386 e. The summed E-state index contributed by atoms with van der Waals surface area (Å²) in [5, 5.41) is 12.6. The number of aliphatic hydroxyl groups is 1.